The van der Waals surface area contributed by atoms with Crippen LogP contribution in [-0.4, -0.2) is 32.1 Å². The quantitative estimate of drug-likeness (QED) is 0.621. The zero-order chi connectivity index (χ0) is 22.1. The number of benzene rings is 1. The maximum Gasteiger partial charge on any atom is 0.413 e. The molecule has 2 N–H and O–H groups in total. The fraction of sp³-hybridized carbons (Fsp3) is 0.318. The van der Waals surface area contributed by atoms with Crippen molar-refractivity contribution in [2.75, 3.05) is 19.5 Å². The number of methoxy groups -OCH3 is 2. The van der Waals surface area contributed by atoms with Gasteiger partial charge in [0.1, 0.15) is 5.00 Å². The first-order chi connectivity index (χ1) is 14.9. The second-order valence-electron chi connectivity index (χ2n) is 7.44. The van der Waals surface area contributed by atoms with Crippen LogP contribution in [0.25, 0.3) is 11.0 Å². The fourth-order valence-corrected chi connectivity index (χ4v) is 5.16. The Kier molecular flexibility index (Phi) is 5.69. The number of hydrogen-bond acceptors (Lipinski definition) is 7. The van der Waals surface area contributed by atoms with Crippen molar-refractivity contribution >= 4 is 45.2 Å². The Morgan fingerprint density at radius 2 is 2.00 bits per heavy atom. The van der Waals surface area contributed by atoms with Crippen LogP contribution in [0, 0.1) is 5.92 Å². The van der Waals surface area contributed by atoms with Crippen LogP contribution in [0.3, 0.4) is 0 Å². The zero-order valence-corrected chi connectivity index (χ0v) is 18.2. The monoisotopic (exact) mass is 442 g/mol. The predicted octanol–water partition coefficient (Wildman–Crippen LogP) is 4.38. The van der Waals surface area contributed by atoms with E-state index in [9.17, 15) is 14.4 Å². The molecule has 0 fully saturated rings. The molecule has 4 rings (SSSR count). The van der Waals surface area contributed by atoms with E-state index in [1.807, 2.05) is 12.1 Å². The number of fused-ring (bicyclic) bond motifs is 2. The maximum absolute atomic E-state index is 13.0. The van der Waals surface area contributed by atoms with Gasteiger partial charge in [0.2, 0.25) is 0 Å². The lowest BCUT2D eigenvalue weighted by molar-refractivity contribution is 0.0937. The molecule has 2 heterocycles. The molecule has 162 valence electrons. The summed E-state index contributed by atoms with van der Waals surface area (Å²) in [6.07, 6.45) is 1.60. The third-order valence-electron chi connectivity index (χ3n) is 5.32. The topological polar surface area (TPSA) is 107 Å². The number of rotatable bonds is 4. The summed E-state index contributed by atoms with van der Waals surface area (Å²) in [5.74, 6) is 0.0142. The number of anilines is 1. The molecule has 1 unspecified atom stereocenters. The zero-order valence-electron chi connectivity index (χ0n) is 17.4. The maximum atomic E-state index is 13.0. The van der Waals surface area contributed by atoms with Crippen LogP contribution in [0.1, 0.15) is 44.7 Å². The van der Waals surface area contributed by atoms with Crippen molar-refractivity contribution in [3.8, 4) is 5.75 Å². The molecule has 2 aromatic heterocycles. The molecular weight excluding hydrogens is 420 g/mol. The summed E-state index contributed by atoms with van der Waals surface area (Å²) in [6.45, 7) is 2.15. The number of hydrogen-bond donors (Lipinski definition) is 2. The first-order valence-electron chi connectivity index (χ1n) is 9.83. The molecule has 9 heteroatoms. The van der Waals surface area contributed by atoms with Gasteiger partial charge >= 0.3 is 6.09 Å². The second-order valence-corrected chi connectivity index (χ2v) is 8.55. The first-order valence-corrected chi connectivity index (χ1v) is 10.6. The van der Waals surface area contributed by atoms with E-state index in [0.717, 1.165) is 28.7 Å². The van der Waals surface area contributed by atoms with Crippen molar-refractivity contribution in [2.24, 2.45) is 5.92 Å². The molecule has 1 atom stereocenters. The van der Waals surface area contributed by atoms with Crippen molar-refractivity contribution in [1.29, 1.82) is 0 Å². The van der Waals surface area contributed by atoms with Gasteiger partial charge in [0.25, 0.3) is 11.8 Å². The number of amides is 3. The largest absolute Gasteiger partial charge is 0.493 e. The molecule has 0 saturated carbocycles. The average Bonchev–Trinajstić information content (AvgIpc) is 3.34. The van der Waals surface area contributed by atoms with Crippen LogP contribution in [0.15, 0.2) is 28.7 Å². The Morgan fingerprint density at radius 3 is 2.74 bits per heavy atom. The van der Waals surface area contributed by atoms with Crippen molar-refractivity contribution in [3.05, 3.63) is 46.0 Å². The molecule has 1 aliphatic carbocycles. The molecule has 0 bridgehead atoms. The number of alkyl carbamates (subject to hydrolysis) is 1. The van der Waals surface area contributed by atoms with E-state index in [1.54, 1.807) is 12.1 Å². The first kappa shape index (κ1) is 20.9. The molecule has 1 aromatic carbocycles. The summed E-state index contributed by atoms with van der Waals surface area (Å²) in [4.78, 5) is 38.4. The van der Waals surface area contributed by atoms with Gasteiger partial charge in [-0.3, -0.25) is 14.9 Å². The van der Waals surface area contributed by atoms with Gasteiger partial charge in [-0.25, -0.2) is 4.79 Å². The fourth-order valence-electron chi connectivity index (χ4n) is 3.76. The number of nitrogens with one attached hydrogen (secondary N) is 2. The van der Waals surface area contributed by atoms with Crippen LogP contribution in [0.2, 0.25) is 0 Å². The molecule has 3 amide bonds. The Bertz CT molecular complexity index is 1180. The van der Waals surface area contributed by atoms with Crippen LogP contribution in [-0.2, 0) is 17.6 Å². The molecule has 3 aromatic rings. The number of carbonyl (C=O) groups excluding carboxylic acids is 3. The van der Waals surface area contributed by atoms with Gasteiger partial charge in [0.05, 0.1) is 19.8 Å². The normalized spacial score (nSPS) is 15.3. The van der Waals surface area contributed by atoms with Gasteiger partial charge in [-0.15, -0.1) is 11.3 Å². The van der Waals surface area contributed by atoms with E-state index in [4.69, 9.17) is 9.15 Å². The average molecular weight is 442 g/mol. The van der Waals surface area contributed by atoms with Gasteiger partial charge in [-0.1, -0.05) is 19.1 Å². The highest BCUT2D eigenvalue weighted by Gasteiger charge is 2.30. The van der Waals surface area contributed by atoms with Crippen LogP contribution < -0.4 is 15.4 Å². The van der Waals surface area contributed by atoms with Crippen molar-refractivity contribution in [3.63, 3.8) is 0 Å². The van der Waals surface area contributed by atoms with Crippen LogP contribution >= 0.6 is 11.3 Å². The van der Waals surface area contributed by atoms with E-state index in [0.29, 0.717) is 34.2 Å². The molecule has 0 aliphatic heterocycles. The summed E-state index contributed by atoms with van der Waals surface area (Å²) in [5, 5.41) is 6.12. The number of thiophene rings is 1. The lowest BCUT2D eigenvalue weighted by atomic mass is 9.88. The summed E-state index contributed by atoms with van der Waals surface area (Å²) >= 11 is 1.36. The van der Waals surface area contributed by atoms with Crippen molar-refractivity contribution in [1.82, 2.24) is 5.32 Å². The number of carbonyl (C=O) groups is 3. The van der Waals surface area contributed by atoms with E-state index in [2.05, 4.69) is 22.3 Å². The van der Waals surface area contributed by atoms with Gasteiger partial charge in [0, 0.05) is 10.3 Å². The number of furan rings is 1. The predicted molar refractivity (Wildman–Crippen MR) is 116 cm³/mol. The third kappa shape index (κ3) is 4.00. The summed E-state index contributed by atoms with van der Waals surface area (Å²) in [7, 11) is 2.71. The number of para-hydroxylation sites is 1. The smallest absolute Gasteiger partial charge is 0.413 e. The minimum absolute atomic E-state index is 0.0959. The van der Waals surface area contributed by atoms with E-state index in [-0.39, 0.29) is 5.76 Å². The van der Waals surface area contributed by atoms with Gasteiger partial charge in [-0.05, 0) is 42.9 Å². The minimum Gasteiger partial charge on any atom is -0.493 e. The number of ether oxygens (including phenoxy) is 2. The Hall–Kier alpha value is -3.33. The Morgan fingerprint density at radius 1 is 1.19 bits per heavy atom. The molecule has 0 spiro atoms. The third-order valence-corrected chi connectivity index (χ3v) is 6.49. The summed E-state index contributed by atoms with van der Waals surface area (Å²) < 4.78 is 15.5. The molecule has 1 aliphatic rings. The summed E-state index contributed by atoms with van der Waals surface area (Å²) in [6, 6.07) is 6.99. The molecule has 0 saturated heterocycles. The molecule has 31 heavy (non-hydrogen) atoms. The van der Waals surface area contributed by atoms with E-state index >= 15 is 0 Å². The highest BCUT2D eigenvalue weighted by molar-refractivity contribution is 7.17. The van der Waals surface area contributed by atoms with Gasteiger partial charge < -0.3 is 19.2 Å². The molecule has 8 nitrogen and oxygen atoms in total. The molecular formula is C22H22N2O6S. The van der Waals surface area contributed by atoms with Crippen LogP contribution in [0.5, 0.6) is 5.75 Å². The Balaban J connectivity index is 1.68. The Labute approximate surface area is 182 Å². The highest BCUT2D eigenvalue weighted by atomic mass is 32.1. The minimum atomic E-state index is -0.851. The van der Waals surface area contributed by atoms with Gasteiger partial charge in [-0.2, -0.15) is 0 Å². The highest BCUT2D eigenvalue weighted by Crippen LogP contribution is 2.40. The van der Waals surface area contributed by atoms with Crippen molar-refractivity contribution in [2.45, 2.75) is 26.2 Å². The van der Waals surface area contributed by atoms with E-state index < -0.39 is 17.9 Å². The molecule has 0 radical (unpaired) electrons. The second kappa shape index (κ2) is 8.43. The van der Waals surface area contributed by atoms with Crippen LogP contribution in [0.4, 0.5) is 9.80 Å². The standard InChI is InChI=1S/C22H22N2O6S/c1-11-7-8-13-16(9-11)31-21(17(13)20(26)24-22(27)29-3)23-19(25)15-10-12-5-4-6-14(28-2)18(12)30-15/h4-6,10-11H,7-9H2,1-3H3,(H,23,25)(H,24,26,27). The number of imide groups is 1. The van der Waals surface area contributed by atoms with E-state index in [1.165, 1.54) is 25.6 Å². The summed E-state index contributed by atoms with van der Waals surface area (Å²) in [5.41, 5.74) is 1.64. The van der Waals surface area contributed by atoms with Crippen molar-refractivity contribution < 1.29 is 28.3 Å². The van der Waals surface area contributed by atoms with Gasteiger partial charge in [0.15, 0.2) is 17.1 Å². The SMILES string of the molecule is COC(=O)NC(=O)c1c(NC(=O)c2cc3cccc(OC)c3o2)sc2c1CCC(C)C2. The lowest BCUT2D eigenvalue weighted by Gasteiger charge is -2.18. The lowest BCUT2D eigenvalue weighted by Crippen LogP contribution is -2.31.